The van der Waals surface area contributed by atoms with E-state index in [1.165, 1.54) is 0 Å². The van der Waals surface area contributed by atoms with Crippen LogP contribution in [0.1, 0.15) is 41.6 Å². The van der Waals surface area contributed by atoms with E-state index in [9.17, 15) is 19.5 Å². The summed E-state index contributed by atoms with van der Waals surface area (Å²) in [6, 6.07) is 11.8. The van der Waals surface area contributed by atoms with Gasteiger partial charge in [-0.1, -0.05) is 30.5 Å². The third kappa shape index (κ3) is 5.15. The predicted molar refractivity (Wildman–Crippen MR) is 112 cm³/mol. The maximum atomic E-state index is 12.7. The van der Waals surface area contributed by atoms with E-state index >= 15 is 0 Å². The van der Waals surface area contributed by atoms with Crippen molar-refractivity contribution < 1.29 is 19.5 Å². The van der Waals surface area contributed by atoms with Gasteiger partial charge in [-0.15, -0.1) is 0 Å². The van der Waals surface area contributed by atoms with Crippen molar-refractivity contribution in [3.8, 4) is 0 Å². The Morgan fingerprint density at radius 1 is 0.966 bits per heavy atom. The third-order valence-corrected chi connectivity index (χ3v) is 5.53. The van der Waals surface area contributed by atoms with E-state index in [4.69, 9.17) is 11.6 Å². The highest BCUT2D eigenvalue weighted by Gasteiger charge is 2.35. The summed E-state index contributed by atoms with van der Waals surface area (Å²) in [6.07, 6.45) is 2.75. The zero-order valence-corrected chi connectivity index (χ0v) is 16.8. The first kappa shape index (κ1) is 20.9. The first-order chi connectivity index (χ1) is 13.8. The number of benzene rings is 2. The second-order valence-electron chi connectivity index (χ2n) is 7.32. The molecule has 0 unspecified atom stereocenters. The van der Waals surface area contributed by atoms with Crippen LogP contribution in [0.5, 0.6) is 0 Å². The van der Waals surface area contributed by atoms with Crippen LogP contribution in [0, 0.1) is 18.8 Å². The summed E-state index contributed by atoms with van der Waals surface area (Å²) in [6.45, 7) is 1.85. The lowest BCUT2D eigenvalue weighted by molar-refractivity contribution is -0.147. The highest BCUT2D eigenvalue weighted by Crippen LogP contribution is 2.32. The second kappa shape index (κ2) is 9.09. The number of carboxylic acids is 1. The molecular weight excluding hydrogens is 392 g/mol. The van der Waals surface area contributed by atoms with Crippen molar-refractivity contribution in [3.05, 3.63) is 58.6 Å². The fourth-order valence-electron chi connectivity index (χ4n) is 3.61. The fraction of sp³-hybridized carbons (Fsp3) is 0.318. The van der Waals surface area contributed by atoms with E-state index in [-0.39, 0.29) is 11.8 Å². The van der Waals surface area contributed by atoms with Gasteiger partial charge in [-0.05, 0) is 61.7 Å². The Kier molecular flexibility index (Phi) is 6.54. The molecule has 2 aromatic carbocycles. The van der Waals surface area contributed by atoms with Gasteiger partial charge in [0, 0.05) is 22.0 Å². The van der Waals surface area contributed by atoms with Gasteiger partial charge < -0.3 is 15.7 Å². The lowest BCUT2D eigenvalue weighted by Gasteiger charge is -2.27. The molecule has 2 amide bonds. The molecular formula is C22H23ClN2O4. The number of hydrogen-bond acceptors (Lipinski definition) is 3. The first-order valence-electron chi connectivity index (χ1n) is 9.56. The average molecular weight is 415 g/mol. The molecule has 1 aliphatic carbocycles. The summed E-state index contributed by atoms with van der Waals surface area (Å²) in [7, 11) is 0. The number of carbonyl (C=O) groups excluding carboxylic acids is 2. The summed E-state index contributed by atoms with van der Waals surface area (Å²) in [5, 5.41) is 15.6. The molecule has 0 spiro atoms. The third-order valence-electron chi connectivity index (χ3n) is 5.28. The number of hydrogen-bond donors (Lipinski definition) is 3. The molecule has 2 atom stereocenters. The number of aryl methyl sites for hydroxylation is 1. The topological polar surface area (TPSA) is 95.5 Å². The number of carbonyl (C=O) groups is 3. The highest BCUT2D eigenvalue weighted by molar-refractivity contribution is 6.30. The molecule has 3 N–H and O–H groups in total. The summed E-state index contributed by atoms with van der Waals surface area (Å²) in [5.41, 5.74) is 2.39. The molecule has 0 bridgehead atoms. The quantitative estimate of drug-likeness (QED) is 0.659. The molecule has 0 radical (unpaired) electrons. The molecule has 6 nitrogen and oxygen atoms in total. The molecule has 3 rings (SSSR count). The standard InChI is InChI=1S/C22H23ClN2O4/c1-13-6-11-16(24-21(27)17-4-2-3-5-18(17)22(28)29)12-19(13)25-20(26)14-7-9-15(23)10-8-14/h6-12,17-18H,2-5H2,1H3,(H,24,27)(H,25,26)(H,28,29)/t17-,18-/m0/s1. The van der Waals surface area contributed by atoms with Crippen LogP contribution in [0.4, 0.5) is 11.4 Å². The van der Waals surface area contributed by atoms with Crippen LogP contribution in [-0.4, -0.2) is 22.9 Å². The molecule has 7 heteroatoms. The van der Waals surface area contributed by atoms with Gasteiger partial charge in [-0.2, -0.15) is 0 Å². The zero-order valence-electron chi connectivity index (χ0n) is 16.1. The number of amides is 2. The number of aliphatic carboxylic acids is 1. The van der Waals surface area contributed by atoms with E-state index in [1.54, 1.807) is 42.5 Å². The largest absolute Gasteiger partial charge is 0.481 e. The minimum atomic E-state index is -0.926. The van der Waals surface area contributed by atoms with Crippen LogP contribution < -0.4 is 10.6 Å². The minimum Gasteiger partial charge on any atom is -0.481 e. The second-order valence-corrected chi connectivity index (χ2v) is 7.75. The molecule has 2 aromatic rings. The summed E-state index contributed by atoms with van der Waals surface area (Å²) in [4.78, 5) is 36.6. The van der Waals surface area contributed by atoms with E-state index in [0.29, 0.717) is 34.8 Å². The SMILES string of the molecule is Cc1ccc(NC(=O)[C@H]2CCCC[C@@H]2C(=O)O)cc1NC(=O)c1ccc(Cl)cc1. The van der Waals surface area contributed by atoms with Crippen LogP contribution >= 0.6 is 11.6 Å². The Bertz CT molecular complexity index is 927. The molecule has 152 valence electrons. The van der Waals surface area contributed by atoms with Crippen molar-refractivity contribution >= 4 is 40.8 Å². The first-order valence-corrected chi connectivity index (χ1v) is 9.94. The van der Waals surface area contributed by atoms with E-state index in [2.05, 4.69) is 10.6 Å². The van der Waals surface area contributed by atoms with Gasteiger partial charge in [0.1, 0.15) is 0 Å². The summed E-state index contributed by atoms with van der Waals surface area (Å²) in [5.74, 6) is -2.71. The Labute approximate surface area is 174 Å². The Balaban J connectivity index is 1.73. The van der Waals surface area contributed by atoms with Crippen molar-refractivity contribution in [2.75, 3.05) is 10.6 Å². The van der Waals surface area contributed by atoms with E-state index in [1.807, 2.05) is 6.92 Å². The highest BCUT2D eigenvalue weighted by atomic mass is 35.5. The summed E-state index contributed by atoms with van der Waals surface area (Å²) < 4.78 is 0. The molecule has 0 aromatic heterocycles. The monoisotopic (exact) mass is 414 g/mol. The minimum absolute atomic E-state index is 0.286. The van der Waals surface area contributed by atoms with Crippen molar-refractivity contribution in [2.45, 2.75) is 32.6 Å². The maximum Gasteiger partial charge on any atom is 0.307 e. The smallest absolute Gasteiger partial charge is 0.307 e. The van der Waals surface area contributed by atoms with Gasteiger partial charge in [-0.3, -0.25) is 14.4 Å². The van der Waals surface area contributed by atoms with Crippen LogP contribution in [0.25, 0.3) is 0 Å². The number of halogens is 1. The molecule has 1 aliphatic rings. The van der Waals surface area contributed by atoms with Gasteiger partial charge in [0.2, 0.25) is 5.91 Å². The van der Waals surface area contributed by atoms with Crippen molar-refractivity contribution in [3.63, 3.8) is 0 Å². The maximum absolute atomic E-state index is 12.7. The van der Waals surface area contributed by atoms with Crippen molar-refractivity contribution in [1.29, 1.82) is 0 Å². The Hall–Kier alpha value is -2.86. The van der Waals surface area contributed by atoms with Gasteiger partial charge in [-0.25, -0.2) is 0 Å². The summed E-state index contributed by atoms with van der Waals surface area (Å²) >= 11 is 5.86. The molecule has 0 heterocycles. The normalized spacial score (nSPS) is 18.7. The Morgan fingerprint density at radius 3 is 2.28 bits per heavy atom. The molecule has 1 saturated carbocycles. The van der Waals surface area contributed by atoms with Crippen LogP contribution in [0.3, 0.4) is 0 Å². The van der Waals surface area contributed by atoms with Crippen molar-refractivity contribution in [1.82, 2.24) is 0 Å². The molecule has 0 aliphatic heterocycles. The Morgan fingerprint density at radius 2 is 1.62 bits per heavy atom. The molecule has 1 fully saturated rings. The van der Waals surface area contributed by atoms with Gasteiger partial charge in [0.05, 0.1) is 11.8 Å². The predicted octanol–water partition coefficient (Wildman–Crippen LogP) is 4.73. The number of rotatable bonds is 5. The van der Waals surface area contributed by atoms with Crippen LogP contribution in [0.15, 0.2) is 42.5 Å². The lowest BCUT2D eigenvalue weighted by Crippen LogP contribution is -2.36. The number of anilines is 2. The molecule has 0 saturated heterocycles. The molecule has 29 heavy (non-hydrogen) atoms. The van der Waals surface area contributed by atoms with Gasteiger partial charge in [0.15, 0.2) is 0 Å². The number of nitrogens with one attached hydrogen (secondary N) is 2. The van der Waals surface area contributed by atoms with Crippen molar-refractivity contribution in [2.24, 2.45) is 11.8 Å². The van der Waals surface area contributed by atoms with E-state index < -0.39 is 17.8 Å². The van der Waals surface area contributed by atoms with E-state index in [0.717, 1.165) is 18.4 Å². The number of carboxylic acid groups (broad SMARTS) is 1. The average Bonchev–Trinajstić information content (AvgIpc) is 2.70. The van der Waals surface area contributed by atoms with Gasteiger partial charge >= 0.3 is 5.97 Å². The van der Waals surface area contributed by atoms with Crippen LogP contribution in [0.2, 0.25) is 5.02 Å². The van der Waals surface area contributed by atoms with Crippen LogP contribution in [-0.2, 0) is 9.59 Å². The van der Waals surface area contributed by atoms with Gasteiger partial charge in [0.25, 0.3) is 5.91 Å². The fourth-order valence-corrected chi connectivity index (χ4v) is 3.73. The zero-order chi connectivity index (χ0) is 21.0. The lowest BCUT2D eigenvalue weighted by atomic mass is 9.78.